The molecule has 5 nitrogen and oxygen atoms in total. The molecule has 0 bridgehead atoms. The minimum absolute atomic E-state index is 0. The average Bonchev–Trinajstić information content (AvgIpc) is 2.97. The summed E-state index contributed by atoms with van der Waals surface area (Å²) in [6.07, 6.45) is 3.04. The molecule has 6 heteroatoms. The number of nitrogens with zero attached hydrogens (tertiary/aromatic N) is 1. The Morgan fingerprint density at radius 2 is 1.80 bits per heavy atom. The lowest BCUT2D eigenvalue weighted by Crippen LogP contribution is -2.33. The second-order valence-corrected chi connectivity index (χ2v) is 6.88. The van der Waals surface area contributed by atoms with Crippen LogP contribution in [0.1, 0.15) is 46.9 Å². The molecule has 0 spiro atoms. The van der Waals surface area contributed by atoms with E-state index in [2.05, 4.69) is 10.6 Å². The van der Waals surface area contributed by atoms with Gasteiger partial charge in [0, 0.05) is 30.8 Å². The molecule has 0 saturated carbocycles. The summed E-state index contributed by atoms with van der Waals surface area (Å²) in [5, 5.41) is 6.32. The van der Waals surface area contributed by atoms with Crippen LogP contribution < -0.4 is 10.6 Å². The third-order valence-electron chi connectivity index (χ3n) is 5.21. The van der Waals surface area contributed by atoms with Crippen molar-refractivity contribution in [2.75, 3.05) is 32.7 Å². The van der Waals surface area contributed by atoms with Crippen LogP contribution in [0.5, 0.6) is 0 Å². The Morgan fingerprint density at radius 3 is 2.44 bits per heavy atom. The number of halogens is 1. The average molecular weight is 366 g/mol. The highest BCUT2D eigenvalue weighted by Gasteiger charge is 2.31. The Labute approximate surface area is 155 Å². The summed E-state index contributed by atoms with van der Waals surface area (Å²) in [6.45, 7) is 6.46. The molecule has 2 amide bonds. The lowest BCUT2D eigenvalue weighted by Gasteiger charge is -2.21. The van der Waals surface area contributed by atoms with Crippen LogP contribution in [-0.2, 0) is 0 Å². The second-order valence-electron chi connectivity index (χ2n) is 6.88. The van der Waals surface area contributed by atoms with Gasteiger partial charge in [0.15, 0.2) is 0 Å². The number of hydrogen-bond donors (Lipinski definition) is 2. The van der Waals surface area contributed by atoms with Gasteiger partial charge in [0.25, 0.3) is 11.8 Å². The van der Waals surface area contributed by atoms with Crippen LogP contribution in [0.15, 0.2) is 24.3 Å². The van der Waals surface area contributed by atoms with Gasteiger partial charge in [-0.3, -0.25) is 9.59 Å². The molecular weight excluding hydrogens is 338 g/mol. The van der Waals surface area contributed by atoms with Gasteiger partial charge in [0.2, 0.25) is 0 Å². The monoisotopic (exact) mass is 365 g/mol. The van der Waals surface area contributed by atoms with Crippen LogP contribution >= 0.6 is 12.4 Å². The lowest BCUT2D eigenvalue weighted by atomic mass is 9.92. The Kier molecular flexibility index (Phi) is 7.26. The standard InChI is InChI=1S/C19H27N3O2.ClH/c1-2-8-21-18(23)14-4-3-5-15(11-14)19(24)22-9-6-16-12-20-13-17(16)7-10-22;/h3-5,11,16-17,20H,2,6-10,12-13H2,1H3,(H,21,23);1H/t16-,17+;. The predicted octanol–water partition coefficient (Wildman–Crippen LogP) is 2.32. The van der Waals surface area contributed by atoms with E-state index in [-0.39, 0.29) is 24.2 Å². The van der Waals surface area contributed by atoms with E-state index in [0.29, 0.717) is 29.5 Å². The van der Waals surface area contributed by atoms with E-state index in [1.165, 1.54) is 0 Å². The number of fused-ring (bicyclic) bond motifs is 1. The van der Waals surface area contributed by atoms with E-state index in [9.17, 15) is 9.59 Å². The summed E-state index contributed by atoms with van der Waals surface area (Å²) in [5.41, 5.74) is 1.18. The van der Waals surface area contributed by atoms with Gasteiger partial charge < -0.3 is 15.5 Å². The molecule has 2 saturated heterocycles. The fourth-order valence-electron chi connectivity index (χ4n) is 3.74. The number of rotatable bonds is 4. The molecule has 2 fully saturated rings. The first kappa shape index (κ1) is 19.7. The molecule has 0 aromatic heterocycles. The van der Waals surface area contributed by atoms with Crippen molar-refractivity contribution in [1.82, 2.24) is 15.5 Å². The SMILES string of the molecule is CCCNC(=O)c1cccc(C(=O)N2CC[C@@H]3CNC[C@@H]3CC2)c1.Cl. The van der Waals surface area contributed by atoms with Gasteiger partial charge in [-0.15, -0.1) is 12.4 Å². The Balaban J connectivity index is 0.00000225. The van der Waals surface area contributed by atoms with Crippen molar-refractivity contribution in [1.29, 1.82) is 0 Å². The second kappa shape index (κ2) is 9.20. The highest BCUT2D eigenvalue weighted by atomic mass is 35.5. The summed E-state index contributed by atoms with van der Waals surface area (Å²) < 4.78 is 0. The number of hydrogen-bond acceptors (Lipinski definition) is 3. The van der Waals surface area contributed by atoms with E-state index in [1.807, 2.05) is 17.9 Å². The molecule has 2 aliphatic heterocycles. The third kappa shape index (κ3) is 4.73. The van der Waals surface area contributed by atoms with Crippen LogP contribution in [0.4, 0.5) is 0 Å². The van der Waals surface area contributed by atoms with Crippen LogP contribution in [-0.4, -0.2) is 49.4 Å². The van der Waals surface area contributed by atoms with Crippen molar-refractivity contribution in [3.05, 3.63) is 35.4 Å². The van der Waals surface area contributed by atoms with Crippen LogP contribution in [0.2, 0.25) is 0 Å². The first-order valence-corrected chi connectivity index (χ1v) is 9.07. The summed E-state index contributed by atoms with van der Waals surface area (Å²) in [6, 6.07) is 7.09. The molecule has 1 aromatic rings. The zero-order valence-electron chi connectivity index (χ0n) is 14.8. The largest absolute Gasteiger partial charge is 0.352 e. The molecule has 2 N–H and O–H groups in total. The highest BCUT2D eigenvalue weighted by Crippen LogP contribution is 2.27. The molecule has 0 unspecified atom stereocenters. The molecule has 2 heterocycles. The fourth-order valence-corrected chi connectivity index (χ4v) is 3.74. The molecule has 2 atom stereocenters. The van der Waals surface area contributed by atoms with Gasteiger partial charge in [-0.2, -0.15) is 0 Å². The van der Waals surface area contributed by atoms with Crippen molar-refractivity contribution >= 4 is 24.2 Å². The van der Waals surface area contributed by atoms with Gasteiger partial charge >= 0.3 is 0 Å². The summed E-state index contributed by atoms with van der Waals surface area (Å²) in [5.74, 6) is 1.35. The van der Waals surface area contributed by atoms with Gasteiger partial charge in [0.05, 0.1) is 0 Å². The minimum atomic E-state index is -0.108. The summed E-state index contributed by atoms with van der Waals surface area (Å²) >= 11 is 0. The number of amides is 2. The maximum absolute atomic E-state index is 12.8. The molecule has 25 heavy (non-hydrogen) atoms. The first-order chi connectivity index (χ1) is 11.7. The molecule has 3 rings (SSSR count). The summed E-state index contributed by atoms with van der Waals surface area (Å²) in [7, 11) is 0. The van der Waals surface area contributed by atoms with E-state index >= 15 is 0 Å². The van der Waals surface area contributed by atoms with Crippen LogP contribution in [0, 0.1) is 11.8 Å². The van der Waals surface area contributed by atoms with E-state index < -0.39 is 0 Å². The van der Waals surface area contributed by atoms with Crippen LogP contribution in [0.25, 0.3) is 0 Å². The Hall–Kier alpha value is -1.59. The number of likely N-dealkylation sites (tertiary alicyclic amines) is 1. The van der Waals surface area contributed by atoms with E-state index in [0.717, 1.165) is 45.4 Å². The molecule has 2 aliphatic rings. The van der Waals surface area contributed by atoms with Gasteiger partial charge in [0.1, 0.15) is 0 Å². The lowest BCUT2D eigenvalue weighted by molar-refractivity contribution is 0.0758. The quantitative estimate of drug-likeness (QED) is 0.860. The Bertz CT molecular complexity index is 594. The van der Waals surface area contributed by atoms with Crippen molar-refractivity contribution < 1.29 is 9.59 Å². The first-order valence-electron chi connectivity index (χ1n) is 9.07. The topological polar surface area (TPSA) is 61.4 Å². The normalized spacial score (nSPS) is 22.5. The van der Waals surface area contributed by atoms with Gasteiger partial charge in [-0.05, 0) is 62.4 Å². The number of nitrogens with one attached hydrogen (secondary N) is 2. The summed E-state index contributed by atoms with van der Waals surface area (Å²) in [4.78, 5) is 26.9. The maximum atomic E-state index is 12.8. The number of carbonyl (C=O) groups excluding carboxylic acids is 2. The van der Waals surface area contributed by atoms with Crippen molar-refractivity contribution in [2.24, 2.45) is 11.8 Å². The molecule has 0 radical (unpaired) electrons. The zero-order chi connectivity index (χ0) is 16.9. The molecule has 0 aliphatic carbocycles. The molecule has 1 aromatic carbocycles. The number of carbonyl (C=O) groups is 2. The zero-order valence-corrected chi connectivity index (χ0v) is 15.6. The third-order valence-corrected chi connectivity index (χ3v) is 5.21. The van der Waals surface area contributed by atoms with E-state index in [1.54, 1.807) is 18.2 Å². The number of benzene rings is 1. The van der Waals surface area contributed by atoms with Crippen molar-refractivity contribution in [2.45, 2.75) is 26.2 Å². The molecular formula is C19H28ClN3O2. The maximum Gasteiger partial charge on any atom is 0.253 e. The van der Waals surface area contributed by atoms with Crippen molar-refractivity contribution in [3.8, 4) is 0 Å². The van der Waals surface area contributed by atoms with Crippen LogP contribution in [0.3, 0.4) is 0 Å². The minimum Gasteiger partial charge on any atom is -0.352 e. The predicted molar refractivity (Wildman–Crippen MR) is 101 cm³/mol. The van der Waals surface area contributed by atoms with Gasteiger partial charge in [-0.25, -0.2) is 0 Å². The van der Waals surface area contributed by atoms with Crippen molar-refractivity contribution in [3.63, 3.8) is 0 Å². The molecule has 138 valence electrons. The van der Waals surface area contributed by atoms with E-state index in [4.69, 9.17) is 0 Å². The Morgan fingerprint density at radius 1 is 1.16 bits per heavy atom. The highest BCUT2D eigenvalue weighted by molar-refractivity contribution is 5.99. The van der Waals surface area contributed by atoms with Gasteiger partial charge in [-0.1, -0.05) is 13.0 Å². The smallest absolute Gasteiger partial charge is 0.253 e. The fraction of sp³-hybridized carbons (Fsp3) is 0.579.